The Kier molecular flexibility index (Phi) is 13.3. The van der Waals surface area contributed by atoms with Crippen molar-refractivity contribution in [3.63, 3.8) is 0 Å². The number of likely N-dealkylation sites (N-methyl/N-ethyl adjacent to an activating group) is 1. The minimum atomic E-state index is -4.54. The highest BCUT2D eigenvalue weighted by Gasteiger charge is 2.62. The summed E-state index contributed by atoms with van der Waals surface area (Å²) in [6.45, 7) is 10.3. The molecule has 0 radical (unpaired) electrons. The van der Waals surface area contributed by atoms with Gasteiger partial charge in [-0.3, -0.25) is 18.9 Å². The summed E-state index contributed by atoms with van der Waals surface area (Å²) in [5.74, 6) is -3.01. The number of para-hydroxylation sites is 1. The maximum absolute atomic E-state index is 14.4. The van der Waals surface area contributed by atoms with Crippen LogP contribution in [0.3, 0.4) is 0 Å². The number of aromatic nitrogens is 3. The van der Waals surface area contributed by atoms with Gasteiger partial charge >= 0.3 is 25.7 Å². The molecule has 2 saturated heterocycles. The molecule has 18 nitrogen and oxygen atoms in total. The van der Waals surface area contributed by atoms with Crippen molar-refractivity contribution in [1.82, 2.24) is 29.5 Å². The molecule has 1 aromatic carbocycles. The number of fused-ring (bicyclic) bond motifs is 1. The summed E-state index contributed by atoms with van der Waals surface area (Å²) in [6, 6.07) is 12.2. The van der Waals surface area contributed by atoms with Gasteiger partial charge in [0.05, 0.1) is 31.0 Å². The maximum atomic E-state index is 14.4. The van der Waals surface area contributed by atoms with Gasteiger partial charge in [-0.15, -0.1) is 0 Å². The summed E-state index contributed by atoms with van der Waals surface area (Å²) in [4.78, 5) is 52.2. The molecule has 2 aliphatic rings. The van der Waals surface area contributed by atoms with Crippen LogP contribution in [0, 0.1) is 23.2 Å². The van der Waals surface area contributed by atoms with E-state index in [1.165, 1.54) is 29.9 Å². The van der Waals surface area contributed by atoms with Crippen LogP contribution in [0.15, 0.2) is 53.8 Å². The van der Waals surface area contributed by atoms with Gasteiger partial charge in [-0.1, -0.05) is 45.9 Å². The number of carbonyl (C=O) groups is 3. The summed E-state index contributed by atoms with van der Waals surface area (Å²) < 4.78 is 50.7. The number of esters is 3. The van der Waals surface area contributed by atoms with Crippen LogP contribution in [0.2, 0.25) is 0 Å². The number of hydrogen-bond donors (Lipinski definition) is 1. The number of piperazine rings is 1. The molecule has 1 N–H and O–H groups in total. The fourth-order valence-corrected chi connectivity index (χ4v) is 7.28. The maximum Gasteiger partial charge on any atom is 0.459 e. The molecule has 0 saturated carbocycles. The molecule has 6 atom stereocenters. The molecule has 4 heterocycles. The zero-order valence-electron chi connectivity index (χ0n) is 31.9. The van der Waals surface area contributed by atoms with Crippen LogP contribution in [0.25, 0.3) is 5.52 Å². The van der Waals surface area contributed by atoms with E-state index in [-0.39, 0.29) is 5.75 Å². The third-order valence-corrected chi connectivity index (χ3v) is 10.6. The van der Waals surface area contributed by atoms with E-state index >= 15 is 0 Å². The van der Waals surface area contributed by atoms with Crippen LogP contribution in [0.5, 0.6) is 5.75 Å². The normalized spacial score (nSPS) is 23.4. The highest BCUT2D eigenvalue weighted by atomic mass is 31.2. The van der Waals surface area contributed by atoms with Crippen LogP contribution in [0.1, 0.15) is 46.4 Å². The fraction of sp³-hybridized carbons (Fsp3) is 0.528. The number of nitrogens with one attached hydrogen (secondary N) is 1. The number of aliphatic imine (C=N–C) groups is 1. The van der Waals surface area contributed by atoms with Crippen LogP contribution >= 0.6 is 7.75 Å². The van der Waals surface area contributed by atoms with Gasteiger partial charge in [-0.05, 0) is 38.2 Å². The predicted molar refractivity (Wildman–Crippen MR) is 197 cm³/mol. The van der Waals surface area contributed by atoms with Gasteiger partial charge in [-0.2, -0.15) is 15.4 Å². The second-order valence-electron chi connectivity index (χ2n) is 13.9. The van der Waals surface area contributed by atoms with Crippen molar-refractivity contribution in [2.24, 2.45) is 16.8 Å². The Balaban J connectivity index is 1.56. The number of hydrogen-bond acceptors (Lipinski definition) is 15. The third kappa shape index (κ3) is 9.67. The Morgan fingerprint density at radius 2 is 1.71 bits per heavy atom. The largest absolute Gasteiger partial charge is 0.468 e. The molecule has 0 aliphatic carbocycles. The fourth-order valence-electron chi connectivity index (χ4n) is 5.76. The molecule has 5 rings (SSSR count). The van der Waals surface area contributed by atoms with Crippen molar-refractivity contribution in [3.05, 3.63) is 54.5 Å². The van der Waals surface area contributed by atoms with Gasteiger partial charge in [0.15, 0.2) is 18.0 Å². The number of ether oxygens (including phenoxy) is 4. The van der Waals surface area contributed by atoms with Gasteiger partial charge in [0, 0.05) is 26.2 Å². The van der Waals surface area contributed by atoms with Gasteiger partial charge in [0.2, 0.25) is 5.60 Å². The van der Waals surface area contributed by atoms with Crippen molar-refractivity contribution in [2.45, 2.75) is 64.6 Å². The van der Waals surface area contributed by atoms with Gasteiger partial charge in [0.1, 0.15) is 42.4 Å². The van der Waals surface area contributed by atoms with Crippen molar-refractivity contribution in [3.8, 4) is 11.8 Å². The lowest BCUT2D eigenvalue weighted by Gasteiger charge is -2.31. The SMILES string of the molecule is COC(=O)[C@H](C)N[P@](=O)(OC[C@@]1(C#N)O[C@@H](c2ccc3c(N=CN4CCN(C)CC4)ncnn23)[C@H](OC(=O)C(C)C)[C@@H]1OC(=O)C(C)C)Oc1ccccc1. The third-order valence-electron chi connectivity index (χ3n) is 8.98. The van der Waals surface area contributed by atoms with Crippen LogP contribution in [-0.2, 0) is 42.4 Å². The quantitative estimate of drug-likeness (QED) is 0.0770. The lowest BCUT2D eigenvalue weighted by molar-refractivity contribution is -0.173. The molecule has 55 heavy (non-hydrogen) atoms. The summed E-state index contributed by atoms with van der Waals surface area (Å²) in [5, 5.41) is 17.9. The van der Waals surface area contributed by atoms with Crippen molar-refractivity contribution in [2.75, 3.05) is 46.9 Å². The van der Waals surface area contributed by atoms with E-state index in [0.29, 0.717) is 17.0 Å². The Morgan fingerprint density at radius 1 is 1.04 bits per heavy atom. The smallest absolute Gasteiger partial charge is 0.459 e. The lowest BCUT2D eigenvalue weighted by atomic mass is 9.95. The molecule has 0 unspecified atom stereocenters. The Labute approximate surface area is 319 Å². The molecule has 2 fully saturated rings. The molecule has 296 valence electrons. The van der Waals surface area contributed by atoms with E-state index in [1.54, 1.807) is 64.4 Å². The van der Waals surface area contributed by atoms with Crippen molar-refractivity contribution < 1.29 is 46.9 Å². The summed E-state index contributed by atoms with van der Waals surface area (Å²) in [6.07, 6.45) is -1.31. The number of nitriles is 1. The van der Waals surface area contributed by atoms with Crippen LogP contribution in [0.4, 0.5) is 5.82 Å². The molecule has 0 spiro atoms. The molecular weight excluding hydrogens is 735 g/mol. The molecule has 0 amide bonds. The number of rotatable bonds is 15. The minimum absolute atomic E-state index is 0.114. The average molecular weight is 783 g/mol. The van der Waals surface area contributed by atoms with Crippen molar-refractivity contribution >= 4 is 43.3 Å². The number of benzene rings is 1. The lowest BCUT2D eigenvalue weighted by Crippen LogP contribution is -2.50. The topological polar surface area (TPSA) is 209 Å². The van der Waals surface area contributed by atoms with E-state index in [9.17, 15) is 24.2 Å². The highest BCUT2D eigenvalue weighted by molar-refractivity contribution is 7.52. The van der Waals surface area contributed by atoms with E-state index in [1.807, 2.05) is 0 Å². The van der Waals surface area contributed by atoms with Gasteiger partial charge in [0.25, 0.3) is 0 Å². The second-order valence-corrected chi connectivity index (χ2v) is 15.6. The predicted octanol–water partition coefficient (Wildman–Crippen LogP) is 3.46. The van der Waals surface area contributed by atoms with Crippen LogP contribution in [-0.4, -0.2) is 119 Å². The molecule has 2 aliphatic heterocycles. The minimum Gasteiger partial charge on any atom is -0.468 e. The van der Waals surface area contributed by atoms with E-state index in [4.69, 9.17) is 28.0 Å². The molecule has 3 aromatic rings. The molecule has 2 aromatic heterocycles. The first-order valence-corrected chi connectivity index (χ1v) is 19.4. The Hall–Kier alpha value is -4.92. The first kappa shape index (κ1) is 41.2. The van der Waals surface area contributed by atoms with Crippen molar-refractivity contribution in [1.29, 1.82) is 5.26 Å². The average Bonchev–Trinajstić information content (AvgIpc) is 3.73. The number of carbonyl (C=O) groups excluding carboxylic acids is 3. The monoisotopic (exact) mass is 782 g/mol. The zero-order chi connectivity index (χ0) is 39.9. The van der Waals surface area contributed by atoms with Gasteiger partial charge < -0.3 is 33.3 Å². The van der Waals surface area contributed by atoms with E-state index < -0.39 is 74.1 Å². The van der Waals surface area contributed by atoms with E-state index in [2.05, 4.69) is 43.1 Å². The number of nitrogens with zero attached hydrogens (tertiary/aromatic N) is 7. The summed E-state index contributed by atoms with van der Waals surface area (Å²) in [7, 11) is -1.32. The van der Waals surface area contributed by atoms with Gasteiger partial charge in [-0.25, -0.2) is 19.1 Å². The molecule has 19 heteroatoms. The molecular formula is C36H47N8O10P. The summed E-state index contributed by atoms with van der Waals surface area (Å²) in [5.41, 5.74) is -1.48. The standard InChI is InChI=1S/C36H47N8O10P/c1-23(2)33(45)51-30-29(27-13-14-28-32(38-21-40-44(27)28)39-22-43-17-15-42(6)16-18-43)53-36(19-37,31(30)52-34(46)24(3)4)20-50-55(48,41-25(5)35(47)49-7)54-26-11-9-8-10-12-26/h8-14,21-25,29-31H,15-18,20H2,1-7H3,(H,41,48)/t25-,29-,30-,31-,36+,55-/m0/s1. The molecule has 0 bridgehead atoms. The Bertz CT molecular complexity index is 1940. The highest BCUT2D eigenvalue weighted by Crippen LogP contribution is 2.50. The number of methoxy groups -OCH3 is 1. The second kappa shape index (κ2) is 17.7. The van der Waals surface area contributed by atoms with Crippen LogP contribution < -0.4 is 9.61 Å². The first-order valence-electron chi connectivity index (χ1n) is 17.8. The zero-order valence-corrected chi connectivity index (χ0v) is 32.8. The van der Waals surface area contributed by atoms with E-state index in [0.717, 1.165) is 33.3 Å². The summed E-state index contributed by atoms with van der Waals surface area (Å²) >= 11 is 0. The first-order chi connectivity index (χ1) is 26.2. The Morgan fingerprint density at radius 3 is 2.35 bits per heavy atom.